The maximum Gasteiger partial charge on any atom is 0.270 e. The number of methoxy groups -OCH3 is 2. The van der Waals surface area contributed by atoms with Crippen LogP contribution >= 0.6 is 11.6 Å². The first-order valence-electron chi connectivity index (χ1n) is 9.21. The molecule has 0 radical (unpaired) electrons. The van der Waals surface area contributed by atoms with E-state index in [2.05, 4.69) is 4.98 Å². The van der Waals surface area contributed by atoms with E-state index in [1.54, 1.807) is 44.7 Å². The maximum atomic E-state index is 11.4. The zero-order valence-electron chi connectivity index (χ0n) is 17.0. The van der Waals surface area contributed by atoms with Crippen molar-refractivity contribution < 1.29 is 19.1 Å². The van der Waals surface area contributed by atoms with Crippen molar-refractivity contribution in [2.75, 3.05) is 14.2 Å². The third kappa shape index (κ3) is 3.73. The molecule has 2 heterocycles. The van der Waals surface area contributed by atoms with Crippen LogP contribution in [0.2, 0.25) is 5.02 Å². The van der Waals surface area contributed by atoms with Gasteiger partial charge in [-0.3, -0.25) is 10.1 Å². The molecule has 31 heavy (non-hydrogen) atoms. The molecule has 0 aliphatic heterocycles. The highest BCUT2D eigenvalue weighted by molar-refractivity contribution is 6.32. The summed E-state index contributed by atoms with van der Waals surface area (Å²) in [7, 11) is 4.94. The number of fused-ring (bicyclic) bond motifs is 1. The number of ether oxygens (including phenoxy) is 3. The largest absolute Gasteiger partial charge is 0.497 e. The van der Waals surface area contributed by atoms with Crippen LogP contribution in [-0.4, -0.2) is 28.7 Å². The minimum absolute atomic E-state index is 0.0544. The molecule has 4 rings (SSSR count). The van der Waals surface area contributed by atoms with Crippen molar-refractivity contribution in [1.29, 1.82) is 0 Å². The Hall–Kier alpha value is -3.78. The van der Waals surface area contributed by atoms with Gasteiger partial charge < -0.3 is 18.8 Å². The Kier molecular flexibility index (Phi) is 5.39. The SMILES string of the molecule is COc1ccc(Oc2ccc([N+](=O)[O-])cc2-c2cn(C)c3c(OC)nccc23)c(Cl)c1. The van der Waals surface area contributed by atoms with Crippen LogP contribution in [0.1, 0.15) is 0 Å². The number of benzene rings is 2. The molecular weight excluding hydrogens is 422 g/mol. The lowest BCUT2D eigenvalue weighted by Crippen LogP contribution is -1.93. The van der Waals surface area contributed by atoms with Crippen molar-refractivity contribution in [1.82, 2.24) is 9.55 Å². The van der Waals surface area contributed by atoms with Crippen LogP contribution in [0.5, 0.6) is 23.1 Å². The summed E-state index contributed by atoms with van der Waals surface area (Å²) < 4.78 is 18.5. The van der Waals surface area contributed by atoms with E-state index in [0.29, 0.717) is 33.7 Å². The second kappa shape index (κ2) is 8.16. The number of hydrogen-bond acceptors (Lipinski definition) is 6. The van der Waals surface area contributed by atoms with Gasteiger partial charge in [0.15, 0.2) is 0 Å². The zero-order chi connectivity index (χ0) is 22.1. The molecule has 158 valence electrons. The van der Waals surface area contributed by atoms with Gasteiger partial charge >= 0.3 is 0 Å². The second-order valence-corrected chi connectivity index (χ2v) is 7.11. The number of hydrogen-bond donors (Lipinski definition) is 0. The molecule has 2 aromatic heterocycles. The Balaban J connectivity index is 1.90. The molecule has 0 bridgehead atoms. The van der Waals surface area contributed by atoms with Crippen LogP contribution in [0.4, 0.5) is 5.69 Å². The molecule has 0 saturated carbocycles. The predicted molar refractivity (Wildman–Crippen MR) is 117 cm³/mol. The van der Waals surface area contributed by atoms with E-state index in [0.717, 1.165) is 16.5 Å². The number of nitro groups is 1. The van der Waals surface area contributed by atoms with Crippen LogP contribution in [0.25, 0.3) is 22.0 Å². The summed E-state index contributed by atoms with van der Waals surface area (Å²) in [6, 6.07) is 11.3. The molecule has 8 nitrogen and oxygen atoms in total. The van der Waals surface area contributed by atoms with Gasteiger partial charge in [-0.1, -0.05) is 11.6 Å². The van der Waals surface area contributed by atoms with Gasteiger partial charge in [0, 0.05) is 54.2 Å². The van der Waals surface area contributed by atoms with E-state index >= 15 is 0 Å². The minimum atomic E-state index is -0.444. The number of aromatic nitrogens is 2. The van der Waals surface area contributed by atoms with Crippen molar-refractivity contribution >= 4 is 28.2 Å². The van der Waals surface area contributed by atoms with Crippen molar-refractivity contribution in [3.05, 3.63) is 70.0 Å². The van der Waals surface area contributed by atoms with Crippen molar-refractivity contribution in [3.8, 4) is 34.3 Å². The molecule has 0 aliphatic carbocycles. The summed E-state index contributed by atoms with van der Waals surface area (Å²) in [4.78, 5) is 15.2. The molecule has 0 amide bonds. The summed E-state index contributed by atoms with van der Waals surface area (Å²) in [5, 5.41) is 12.6. The minimum Gasteiger partial charge on any atom is -0.497 e. The van der Waals surface area contributed by atoms with Gasteiger partial charge in [-0.05, 0) is 24.3 Å². The van der Waals surface area contributed by atoms with Crippen molar-refractivity contribution in [3.63, 3.8) is 0 Å². The fraction of sp³-hybridized carbons (Fsp3) is 0.136. The van der Waals surface area contributed by atoms with Gasteiger partial charge in [-0.2, -0.15) is 0 Å². The third-order valence-electron chi connectivity index (χ3n) is 4.87. The molecule has 0 aliphatic rings. The lowest BCUT2D eigenvalue weighted by molar-refractivity contribution is -0.384. The number of nitrogens with zero attached hydrogens (tertiary/aromatic N) is 3. The first-order chi connectivity index (χ1) is 14.9. The molecule has 4 aromatic rings. The summed E-state index contributed by atoms with van der Waals surface area (Å²) in [6.45, 7) is 0. The molecule has 9 heteroatoms. The van der Waals surface area contributed by atoms with Gasteiger partial charge in [-0.25, -0.2) is 4.98 Å². The van der Waals surface area contributed by atoms with E-state index < -0.39 is 4.92 Å². The van der Waals surface area contributed by atoms with Gasteiger partial charge in [0.05, 0.1) is 24.2 Å². The Morgan fingerprint density at radius 2 is 1.81 bits per heavy atom. The molecule has 0 atom stereocenters. The Labute approximate surface area is 182 Å². The summed E-state index contributed by atoms with van der Waals surface area (Å²) >= 11 is 6.33. The topological polar surface area (TPSA) is 88.7 Å². The normalized spacial score (nSPS) is 10.8. The van der Waals surface area contributed by atoms with Crippen LogP contribution in [0.15, 0.2) is 54.9 Å². The smallest absolute Gasteiger partial charge is 0.270 e. The Morgan fingerprint density at radius 1 is 1.03 bits per heavy atom. The lowest BCUT2D eigenvalue weighted by Gasteiger charge is -2.13. The van der Waals surface area contributed by atoms with Gasteiger partial charge in [0.1, 0.15) is 22.8 Å². The van der Waals surface area contributed by atoms with Crippen molar-refractivity contribution in [2.45, 2.75) is 0 Å². The molecule has 0 spiro atoms. The molecule has 0 saturated heterocycles. The molecular formula is C22H18ClN3O5. The molecule has 0 N–H and O–H groups in total. The number of pyridine rings is 1. The van der Waals surface area contributed by atoms with E-state index in [1.165, 1.54) is 12.1 Å². The van der Waals surface area contributed by atoms with Crippen LogP contribution < -0.4 is 14.2 Å². The van der Waals surface area contributed by atoms with Crippen LogP contribution in [0, 0.1) is 10.1 Å². The van der Waals surface area contributed by atoms with Gasteiger partial charge in [0.2, 0.25) is 5.88 Å². The molecule has 2 aromatic carbocycles. The summed E-state index contributed by atoms with van der Waals surface area (Å²) in [5.74, 6) is 1.87. The van der Waals surface area contributed by atoms with E-state index in [-0.39, 0.29) is 5.69 Å². The van der Waals surface area contributed by atoms with Gasteiger partial charge in [-0.15, -0.1) is 0 Å². The quantitative estimate of drug-likeness (QED) is 0.286. The van der Waals surface area contributed by atoms with E-state index in [9.17, 15) is 10.1 Å². The number of non-ortho nitro benzene ring substituents is 1. The highest BCUT2D eigenvalue weighted by Gasteiger charge is 2.20. The highest BCUT2D eigenvalue weighted by atomic mass is 35.5. The molecule has 0 unspecified atom stereocenters. The van der Waals surface area contributed by atoms with E-state index in [1.807, 2.05) is 23.9 Å². The number of nitro benzene ring substituents is 1. The van der Waals surface area contributed by atoms with Crippen molar-refractivity contribution in [2.24, 2.45) is 7.05 Å². The van der Waals surface area contributed by atoms with Crippen LogP contribution in [0.3, 0.4) is 0 Å². The zero-order valence-corrected chi connectivity index (χ0v) is 17.7. The number of rotatable bonds is 6. The lowest BCUT2D eigenvalue weighted by atomic mass is 10.0. The second-order valence-electron chi connectivity index (χ2n) is 6.71. The third-order valence-corrected chi connectivity index (χ3v) is 5.17. The summed E-state index contributed by atoms with van der Waals surface area (Å²) in [5.41, 5.74) is 1.99. The fourth-order valence-corrected chi connectivity index (χ4v) is 3.63. The van der Waals surface area contributed by atoms with Gasteiger partial charge in [0.25, 0.3) is 5.69 Å². The number of aryl methyl sites for hydroxylation is 1. The monoisotopic (exact) mass is 439 g/mol. The number of halogens is 1. The average molecular weight is 440 g/mol. The standard InChI is InChI=1S/C22H18ClN3O5/c1-25-12-17(15-8-9-24-22(30-3)21(15)25)16-10-13(26(27)28)4-6-19(16)31-20-7-5-14(29-2)11-18(20)23/h4-12H,1-3H3. The fourth-order valence-electron chi connectivity index (χ4n) is 3.43. The Bertz CT molecular complexity index is 1300. The average Bonchev–Trinajstić information content (AvgIpc) is 3.11. The first kappa shape index (κ1) is 20.5. The first-order valence-corrected chi connectivity index (χ1v) is 9.59. The Morgan fingerprint density at radius 3 is 2.48 bits per heavy atom. The molecule has 0 fully saturated rings. The van der Waals surface area contributed by atoms with E-state index in [4.69, 9.17) is 25.8 Å². The predicted octanol–water partition coefficient (Wildman–Crippen LogP) is 5.61. The summed E-state index contributed by atoms with van der Waals surface area (Å²) in [6.07, 6.45) is 3.49. The highest BCUT2D eigenvalue weighted by Crippen LogP contribution is 2.42. The van der Waals surface area contributed by atoms with Crippen LogP contribution in [-0.2, 0) is 7.05 Å². The maximum absolute atomic E-state index is 11.4.